The number of carboxylic acid groups (broad SMARTS) is 1. The molecule has 0 aliphatic rings. The molecule has 0 saturated carbocycles. The Morgan fingerprint density at radius 1 is 1.00 bits per heavy atom. The van der Waals surface area contributed by atoms with Crippen LogP contribution in [-0.4, -0.2) is 43.8 Å². The zero-order valence-corrected chi connectivity index (χ0v) is 9.30. The van der Waals surface area contributed by atoms with Crippen LogP contribution >= 0.6 is 0 Å². The molecular weight excluding hydrogens is 194 g/mol. The van der Waals surface area contributed by atoms with Crippen LogP contribution in [-0.2, 0) is 4.79 Å². The molecular formula is C10H23N3O2. The Morgan fingerprint density at radius 2 is 1.53 bits per heavy atom. The average molecular weight is 217 g/mol. The van der Waals surface area contributed by atoms with E-state index in [2.05, 4.69) is 10.6 Å². The molecule has 0 aromatic heterocycles. The molecule has 0 rings (SSSR count). The molecule has 0 atom stereocenters. The first-order valence-electron chi connectivity index (χ1n) is 5.60. The van der Waals surface area contributed by atoms with E-state index >= 15 is 0 Å². The third-order valence-electron chi connectivity index (χ3n) is 2.03. The van der Waals surface area contributed by atoms with Crippen molar-refractivity contribution in [2.75, 3.05) is 32.7 Å². The fraction of sp³-hybridized carbons (Fsp3) is 0.900. The van der Waals surface area contributed by atoms with Crippen LogP contribution in [0.15, 0.2) is 0 Å². The maximum absolute atomic E-state index is 10.2. The number of nitrogens with two attached hydrogens (primary N) is 1. The number of carboxylic acids is 1. The number of unbranched alkanes of at least 4 members (excludes halogenated alkanes) is 1. The minimum Gasteiger partial charge on any atom is -0.481 e. The molecule has 0 bridgehead atoms. The number of hydrogen-bond acceptors (Lipinski definition) is 4. The summed E-state index contributed by atoms with van der Waals surface area (Å²) in [6.45, 7) is 4.20. The summed E-state index contributed by atoms with van der Waals surface area (Å²) in [6, 6.07) is 0. The largest absolute Gasteiger partial charge is 0.481 e. The average Bonchev–Trinajstić information content (AvgIpc) is 2.20. The summed E-state index contributed by atoms with van der Waals surface area (Å²) in [5.74, 6) is -0.744. The van der Waals surface area contributed by atoms with Crippen LogP contribution in [0.4, 0.5) is 0 Å². The second kappa shape index (κ2) is 11.4. The summed E-state index contributed by atoms with van der Waals surface area (Å²) in [5, 5.41) is 14.8. The Bertz CT molecular complexity index is 154. The number of nitrogens with one attached hydrogen (secondary N) is 2. The van der Waals surface area contributed by atoms with Gasteiger partial charge in [-0.25, -0.2) is 0 Å². The normalized spacial score (nSPS) is 10.5. The first kappa shape index (κ1) is 14.3. The molecule has 0 aromatic rings. The van der Waals surface area contributed by atoms with E-state index in [0.717, 1.165) is 45.4 Å². The van der Waals surface area contributed by atoms with Crippen LogP contribution in [0.25, 0.3) is 0 Å². The van der Waals surface area contributed by atoms with Gasteiger partial charge < -0.3 is 21.5 Å². The highest BCUT2D eigenvalue weighted by Crippen LogP contribution is 1.85. The molecule has 0 aromatic carbocycles. The smallest absolute Gasteiger partial charge is 0.304 e. The van der Waals surface area contributed by atoms with Gasteiger partial charge in [-0.2, -0.15) is 0 Å². The number of aliphatic carboxylic acids is 1. The van der Waals surface area contributed by atoms with E-state index in [-0.39, 0.29) is 6.42 Å². The summed E-state index contributed by atoms with van der Waals surface area (Å²) >= 11 is 0. The second-order valence-electron chi connectivity index (χ2n) is 3.49. The predicted molar refractivity (Wildman–Crippen MR) is 60.9 cm³/mol. The van der Waals surface area contributed by atoms with Crippen LogP contribution in [0.2, 0.25) is 0 Å². The fourth-order valence-corrected chi connectivity index (χ4v) is 1.17. The predicted octanol–water partition coefficient (Wildman–Crippen LogP) is -0.231. The van der Waals surface area contributed by atoms with Gasteiger partial charge in [-0.15, -0.1) is 0 Å². The van der Waals surface area contributed by atoms with Crippen molar-refractivity contribution in [3.8, 4) is 0 Å². The Hall–Kier alpha value is -0.650. The van der Waals surface area contributed by atoms with Crippen LogP contribution in [0.1, 0.15) is 25.7 Å². The van der Waals surface area contributed by atoms with Crippen molar-refractivity contribution in [2.45, 2.75) is 25.7 Å². The molecule has 90 valence electrons. The molecule has 0 spiro atoms. The van der Waals surface area contributed by atoms with Gasteiger partial charge in [0.2, 0.25) is 0 Å². The van der Waals surface area contributed by atoms with Crippen molar-refractivity contribution < 1.29 is 9.90 Å². The van der Waals surface area contributed by atoms with Gasteiger partial charge in [-0.05, 0) is 45.4 Å². The molecule has 0 aliphatic carbocycles. The van der Waals surface area contributed by atoms with E-state index in [9.17, 15) is 4.79 Å². The zero-order chi connectivity index (χ0) is 11.4. The first-order chi connectivity index (χ1) is 7.27. The summed E-state index contributed by atoms with van der Waals surface area (Å²) in [7, 11) is 0. The van der Waals surface area contributed by atoms with Gasteiger partial charge in [-0.1, -0.05) is 0 Å². The topological polar surface area (TPSA) is 87.4 Å². The molecule has 0 fully saturated rings. The summed E-state index contributed by atoms with van der Waals surface area (Å²) in [6.07, 6.45) is 3.42. The molecule has 0 heterocycles. The Kier molecular flexibility index (Phi) is 10.9. The lowest BCUT2D eigenvalue weighted by Gasteiger charge is -2.04. The van der Waals surface area contributed by atoms with Gasteiger partial charge in [0.1, 0.15) is 0 Å². The van der Waals surface area contributed by atoms with Crippen molar-refractivity contribution in [3.05, 3.63) is 0 Å². The standard InChI is InChI=1S/C10H23N3O2/c11-5-3-8-12-6-1-2-7-13-9-4-10(14)15/h12-13H,1-9,11H2,(H,14,15). The lowest BCUT2D eigenvalue weighted by molar-refractivity contribution is -0.136. The highest BCUT2D eigenvalue weighted by Gasteiger charge is 1.94. The minimum absolute atomic E-state index is 0.203. The van der Waals surface area contributed by atoms with Crippen molar-refractivity contribution in [1.82, 2.24) is 10.6 Å². The van der Waals surface area contributed by atoms with E-state index < -0.39 is 5.97 Å². The summed E-state index contributed by atoms with van der Waals surface area (Å²) in [5.41, 5.74) is 5.35. The third kappa shape index (κ3) is 13.3. The number of hydrogen-bond donors (Lipinski definition) is 4. The summed E-state index contributed by atoms with van der Waals surface area (Å²) < 4.78 is 0. The van der Waals surface area contributed by atoms with Crippen molar-refractivity contribution >= 4 is 5.97 Å². The van der Waals surface area contributed by atoms with Gasteiger partial charge >= 0.3 is 5.97 Å². The second-order valence-corrected chi connectivity index (χ2v) is 3.49. The molecule has 0 saturated heterocycles. The molecule has 0 unspecified atom stereocenters. The Balaban J connectivity index is 2.89. The zero-order valence-electron chi connectivity index (χ0n) is 9.30. The van der Waals surface area contributed by atoms with E-state index in [4.69, 9.17) is 10.8 Å². The molecule has 5 N–H and O–H groups in total. The van der Waals surface area contributed by atoms with Crippen LogP contribution in [0.5, 0.6) is 0 Å². The molecule has 0 aliphatic heterocycles. The number of rotatable bonds is 11. The quantitative estimate of drug-likeness (QED) is 0.359. The van der Waals surface area contributed by atoms with E-state index in [1.807, 2.05) is 0 Å². The van der Waals surface area contributed by atoms with Crippen LogP contribution in [0, 0.1) is 0 Å². The Morgan fingerprint density at radius 3 is 2.07 bits per heavy atom. The Labute approximate surface area is 91.4 Å². The lowest BCUT2D eigenvalue weighted by Crippen LogP contribution is -2.22. The van der Waals surface area contributed by atoms with Gasteiger partial charge in [0, 0.05) is 6.54 Å². The highest BCUT2D eigenvalue weighted by molar-refractivity contribution is 5.66. The van der Waals surface area contributed by atoms with Crippen LogP contribution in [0.3, 0.4) is 0 Å². The number of carbonyl (C=O) groups is 1. The van der Waals surface area contributed by atoms with Gasteiger partial charge in [0.05, 0.1) is 6.42 Å². The minimum atomic E-state index is -0.744. The van der Waals surface area contributed by atoms with E-state index in [1.165, 1.54) is 0 Å². The first-order valence-corrected chi connectivity index (χ1v) is 5.60. The third-order valence-corrected chi connectivity index (χ3v) is 2.03. The highest BCUT2D eigenvalue weighted by atomic mass is 16.4. The fourth-order valence-electron chi connectivity index (χ4n) is 1.17. The molecule has 5 nitrogen and oxygen atoms in total. The maximum Gasteiger partial charge on any atom is 0.304 e. The lowest BCUT2D eigenvalue weighted by atomic mass is 10.3. The van der Waals surface area contributed by atoms with E-state index in [1.54, 1.807) is 0 Å². The van der Waals surface area contributed by atoms with Gasteiger partial charge in [0.15, 0.2) is 0 Å². The van der Waals surface area contributed by atoms with Gasteiger partial charge in [0.25, 0.3) is 0 Å². The molecule has 5 heteroatoms. The van der Waals surface area contributed by atoms with Crippen molar-refractivity contribution in [3.63, 3.8) is 0 Å². The molecule has 0 amide bonds. The van der Waals surface area contributed by atoms with Crippen molar-refractivity contribution in [2.24, 2.45) is 5.73 Å². The maximum atomic E-state index is 10.2. The van der Waals surface area contributed by atoms with Crippen molar-refractivity contribution in [1.29, 1.82) is 0 Å². The molecule has 0 radical (unpaired) electrons. The monoisotopic (exact) mass is 217 g/mol. The SMILES string of the molecule is NCCCNCCCCNCCC(=O)O. The summed E-state index contributed by atoms with van der Waals surface area (Å²) in [4.78, 5) is 10.2. The molecule has 15 heavy (non-hydrogen) atoms. The van der Waals surface area contributed by atoms with Gasteiger partial charge in [-0.3, -0.25) is 4.79 Å². The van der Waals surface area contributed by atoms with Crippen LogP contribution < -0.4 is 16.4 Å². The van der Waals surface area contributed by atoms with E-state index in [0.29, 0.717) is 6.54 Å².